The summed E-state index contributed by atoms with van der Waals surface area (Å²) in [6.07, 6.45) is 3.58. The van der Waals surface area contributed by atoms with Crippen LogP contribution in [0.4, 0.5) is 0 Å². The van der Waals surface area contributed by atoms with Crippen molar-refractivity contribution in [1.82, 2.24) is 5.10 Å². The molecule has 0 bridgehead atoms. The number of nitrogens with one attached hydrogen (secondary N) is 1. The zero-order valence-electron chi connectivity index (χ0n) is 4.18. The second-order valence-electron chi connectivity index (χ2n) is 1.46. The average molecular weight is 95.1 g/mol. The number of aryl methyl sites for hydroxylation is 1. The van der Waals surface area contributed by atoms with E-state index in [2.05, 4.69) is 10.2 Å². The molecule has 0 aliphatic carbocycles. The van der Waals surface area contributed by atoms with Gasteiger partial charge in [0.05, 0.1) is 6.20 Å². The van der Waals surface area contributed by atoms with Gasteiger partial charge < -0.3 is 0 Å². The zero-order chi connectivity index (χ0) is 5.11. The van der Waals surface area contributed by atoms with Crippen LogP contribution in [0.15, 0.2) is 18.5 Å². The molecule has 0 aromatic carbocycles. The highest BCUT2D eigenvalue weighted by molar-refractivity contribution is 4.97. The maximum absolute atomic E-state index is 3.72. The number of hydrogen-bond donors (Lipinski definition) is 0. The molecule has 1 rings (SSSR count). The van der Waals surface area contributed by atoms with Crippen LogP contribution in [0.25, 0.3) is 0 Å². The number of hydrogen-bond acceptors (Lipinski definition) is 1. The second kappa shape index (κ2) is 1.69. The minimum atomic E-state index is 1.20. The van der Waals surface area contributed by atoms with Crippen LogP contribution in [0, 0.1) is 6.92 Å². The van der Waals surface area contributed by atoms with Crippen LogP contribution >= 0.6 is 0 Å². The molecule has 0 aliphatic rings. The molecule has 0 aliphatic heterocycles. The third-order valence-corrected chi connectivity index (χ3v) is 0.779. The highest BCUT2D eigenvalue weighted by Crippen LogP contribution is 1.82. The van der Waals surface area contributed by atoms with Gasteiger partial charge in [-0.25, -0.2) is 0 Å². The summed E-state index contributed by atoms with van der Waals surface area (Å²) in [6.45, 7) is 2.01. The molecule has 0 saturated carbocycles. The van der Waals surface area contributed by atoms with Gasteiger partial charge in [-0.2, -0.15) is 0 Å². The van der Waals surface area contributed by atoms with E-state index in [0.29, 0.717) is 0 Å². The Balaban J connectivity index is 3.02. The Labute approximate surface area is 42.2 Å². The average Bonchev–Trinajstić information content (AvgIpc) is 1.69. The summed E-state index contributed by atoms with van der Waals surface area (Å²) in [7, 11) is 0. The summed E-state index contributed by atoms with van der Waals surface area (Å²) in [5.74, 6) is 0. The van der Waals surface area contributed by atoms with Gasteiger partial charge in [-0.1, -0.05) is 0 Å². The van der Waals surface area contributed by atoms with Crippen molar-refractivity contribution in [2.75, 3.05) is 0 Å². The van der Waals surface area contributed by atoms with Crippen LogP contribution < -0.4 is 5.10 Å². The van der Waals surface area contributed by atoms with E-state index >= 15 is 0 Å². The predicted octanol–water partition coefficient (Wildman–Crippen LogP) is 0.204. The van der Waals surface area contributed by atoms with E-state index in [0.717, 1.165) is 0 Å². The standard InChI is InChI=1S/C5H6N2/c1-5-2-3-6-7-4-5/h2-4H,1H3/p+1. The normalized spacial score (nSPS) is 8.71. The van der Waals surface area contributed by atoms with E-state index in [1.54, 1.807) is 6.20 Å². The van der Waals surface area contributed by atoms with Crippen molar-refractivity contribution in [1.29, 1.82) is 0 Å². The summed E-state index contributed by atoms with van der Waals surface area (Å²) in [5, 5.41) is 6.43. The molecule has 0 unspecified atom stereocenters. The maximum atomic E-state index is 3.72. The fourth-order valence-corrected chi connectivity index (χ4v) is 0.385. The molecule has 36 valence electrons. The second-order valence-corrected chi connectivity index (χ2v) is 1.46. The lowest BCUT2D eigenvalue weighted by Gasteiger charge is -1.74. The summed E-state index contributed by atoms with van der Waals surface area (Å²) in [4.78, 5) is 0. The van der Waals surface area contributed by atoms with Gasteiger partial charge in [-0.3, -0.25) is 0 Å². The van der Waals surface area contributed by atoms with E-state index in [4.69, 9.17) is 0 Å². The third-order valence-electron chi connectivity index (χ3n) is 0.779. The minimum Gasteiger partial charge on any atom is -0.106 e. The molecule has 0 radical (unpaired) electrons. The fraction of sp³-hybridized carbons (Fsp3) is 0.200. The van der Waals surface area contributed by atoms with Gasteiger partial charge in [0.15, 0.2) is 6.20 Å². The number of H-pyrrole nitrogens is 1. The summed E-state index contributed by atoms with van der Waals surface area (Å²) in [5.41, 5.74) is 1.20. The smallest absolute Gasteiger partial charge is 0.106 e. The molecular weight excluding hydrogens is 88.1 g/mol. The molecule has 1 aromatic rings. The minimum absolute atomic E-state index is 1.20. The van der Waals surface area contributed by atoms with Gasteiger partial charge in [-0.15, -0.1) is 5.10 Å². The van der Waals surface area contributed by atoms with Crippen molar-refractivity contribution in [3.63, 3.8) is 0 Å². The quantitative estimate of drug-likeness (QED) is 0.452. The molecule has 0 atom stereocenters. The van der Waals surface area contributed by atoms with Gasteiger partial charge in [-0.05, 0) is 18.1 Å². The van der Waals surface area contributed by atoms with Crippen molar-refractivity contribution < 1.29 is 5.10 Å². The predicted molar refractivity (Wildman–Crippen MR) is 25.5 cm³/mol. The van der Waals surface area contributed by atoms with Gasteiger partial charge in [0.1, 0.15) is 0 Å². The number of aromatic amines is 1. The van der Waals surface area contributed by atoms with Crippen molar-refractivity contribution in [2.24, 2.45) is 0 Å². The Morgan fingerprint density at radius 1 is 1.71 bits per heavy atom. The molecule has 1 aromatic heterocycles. The summed E-state index contributed by atoms with van der Waals surface area (Å²) >= 11 is 0. The van der Waals surface area contributed by atoms with E-state index < -0.39 is 0 Å². The fourth-order valence-electron chi connectivity index (χ4n) is 0.385. The highest BCUT2D eigenvalue weighted by atomic mass is 15.1. The Morgan fingerprint density at radius 2 is 2.57 bits per heavy atom. The van der Waals surface area contributed by atoms with Gasteiger partial charge >= 0.3 is 0 Å². The van der Waals surface area contributed by atoms with Crippen LogP contribution in [0.1, 0.15) is 5.56 Å². The molecule has 2 nitrogen and oxygen atoms in total. The Bertz CT molecular complexity index is 136. The summed E-state index contributed by atoms with van der Waals surface area (Å²) < 4.78 is 0. The molecular formula is C5H7N2+. The lowest BCUT2D eigenvalue weighted by atomic mass is 10.4. The molecule has 0 amide bonds. The molecule has 0 saturated heterocycles. The largest absolute Gasteiger partial charge is 0.196 e. The monoisotopic (exact) mass is 95.1 g/mol. The molecule has 0 fully saturated rings. The van der Waals surface area contributed by atoms with Crippen molar-refractivity contribution in [3.8, 4) is 0 Å². The van der Waals surface area contributed by atoms with E-state index in [1.807, 2.05) is 19.2 Å². The SMILES string of the molecule is Cc1ccn[nH+]c1. The topological polar surface area (TPSA) is 27.0 Å². The van der Waals surface area contributed by atoms with Gasteiger partial charge in [0.2, 0.25) is 0 Å². The van der Waals surface area contributed by atoms with Crippen LogP contribution in [-0.4, -0.2) is 5.10 Å². The first kappa shape index (κ1) is 4.24. The summed E-state index contributed by atoms with van der Waals surface area (Å²) in [6, 6.07) is 1.94. The molecule has 0 spiro atoms. The Hall–Kier alpha value is -0.920. The van der Waals surface area contributed by atoms with Crippen LogP contribution in [-0.2, 0) is 0 Å². The highest BCUT2D eigenvalue weighted by Gasteiger charge is 1.80. The van der Waals surface area contributed by atoms with Crippen molar-refractivity contribution in [3.05, 3.63) is 24.0 Å². The lowest BCUT2D eigenvalue weighted by molar-refractivity contribution is -0.455. The van der Waals surface area contributed by atoms with Crippen LogP contribution in [0.3, 0.4) is 0 Å². The number of nitrogens with zero attached hydrogens (tertiary/aromatic N) is 1. The maximum Gasteiger partial charge on any atom is 0.196 e. The Kier molecular flexibility index (Phi) is 1.02. The number of rotatable bonds is 0. The molecule has 1 N–H and O–H groups in total. The Morgan fingerprint density at radius 3 is 2.86 bits per heavy atom. The lowest BCUT2D eigenvalue weighted by Crippen LogP contribution is -2.04. The first-order valence-corrected chi connectivity index (χ1v) is 2.18. The van der Waals surface area contributed by atoms with Crippen LogP contribution in [0.2, 0.25) is 0 Å². The van der Waals surface area contributed by atoms with Crippen molar-refractivity contribution >= 4 is 0 Å². The number of aromatic nitrogens is 2. The van der Waals surface area contributed by atoms with Gasteiger partial charge in [0.25, 0.3) is 0 Å². The third kappa shape index (κ3) is 0.961. The molecule has 2 heteroatoms. The van der Waals surface area contributed by atoms with Gasteiger partial charge in [0, 0.05) is 5.56 Å². The molecule has 1 heterocycles. The molecule has 7 heavy (non-hydrogen) atoms. The zero-order valence-corrected chi connectivity index (χ0v) is 4.18. The van der Waals surface area contributed by atoms with Crippen molar-refractivity contribution in [2.45, 2.75) is 6.92 Å². The first-order valence-electron chi connectivity index (χ1n) is 2.18. The first-order chi connectivity index (χ1) is 3.39. The van der Waals surface area contributed by atoms with E-state index in [1.165, 1.54) is 5.56 Å². The van der Waals surface area contributed by atoms with Crippen LogP contribution in [0.5, 0.6) is 0 Å². The van der Waals surface area contributed by atoms with E-state index in [-0.39, 0.29) is 0 Å². The van der Waals surface area contributed by atoms with E-state index in [9.17, 15) is 0 Å².